The van der Waals surface area contributed by atoms with Gasteiger partial charge in [0.1, 0.15) is 0 Å². The molecule has 7 heteroatoms. The van der Waals surface area contributed by atoms with E-state index in [-0.39, 0.29) is 24.3 Å². The van der Waals surface area contributed by atoms with Crippen molar-refractivity contribution in [2.45, 2.75) is 46.0 Å². The van der Waals surface area contributed by atoms with Crippen LogP contribution >= 0.6 is 0 Å². The molecule has 1 saturated heterocycles. The summed E-state index contributed by atoms with van der Waals surface area (Å²) in [6, 6.07) is 14.3. The van der Waals surface area contributed by atoms with Crippen molar-refractivity contribution in [2.75, 3.05) is 43.4 Å². The van der Waals surface area contributed by atoms with Gasteiger partial charge in [0.25, 0.3) is 11.8 Å². The summed E-state index contributed by atoms with van der Waals surface area (Å²) in [5.41, 5.74) is 2.60. The summed E-state index contributed by atoms with van der Waals surface area (Å²) in [5, 5.41) is 5.94. The van der Waals surface area contributed by atoms with E-state index in [1.54, 1.807) is 36.4 Å². The zero-order chi connectivity index (χ0) is 24.3. The molecule has 0 saturated carbocycles. The van der Waals surface area contributed by atoms with Crippen LogP contribution in [0.4, 0.5) is 11.4 Å². The van der Waals surface area contributed by atoms with Crippen LogP contribution in [-0.4, -0.2) is 60.2 Å². The predicted molar refractivity (Wildman–Crippen MR) is 136 cm³/mol. The summed E-state index contributed by atoms with van der Waals surface area (Å²) < 4.78 is 0. The smallest absolute Gasteiger partial charge is 0.253 e. The Morgan fingerprint density at radius 2 is 1.53 bits per heavy atom. The highest BCUT2D eigenvalue weighted by Gasteiger charge is 2.18. The van der Waals surface area contributed by atoms with Crippen LogP contribution in [0.2, 0.25) is 0 Å². The second kappa shape index (κ2) is 12.8. The van der Waals surface area contributed by atoms with Gasteiger partial charge in [0.15, 0.2) is 0 Å². The Morgan fingerprint density at radius 3 is 2.18 bits per heavy atom. The van der Waals surface area contributed by atoms with Gasteiger partial charge >= 0.3 is 0 Å². The maximum Gasteiger partial charge on any atom is 0.253 e. The number of hydrogen-bond donors (Lipinski definition) is 2. The molecule has 2 aromatic rings. The second-order valence-corrected chi connectivity index (χ2v) is 8.70. The zero-order valence-corrected chi connectivity index (χ0v) is 20.3. The molecule has 7 nitrogen and oxygen atoms in total. The lowest BCUT2D eigenvalue weighted by Gasteiger charge is -2.26. The Hall–Kier alpha value is -3.35. The van der Waals surface area contributed by atoms with Gasteiger partial charge in [0.05, 0.1) is 6.54 Å². The van der Waals surface area contributed by atoms with Crippen molar-refractivity contribution in [1.82, 2.24) is 9.80 Å². The van der Waals surface area contributed by atoms with Crippen molar-refractivity contribution < 1.29 is 14.4 Å². The quantitative estimate of drug-likeness (QED) is 0.537. The summed E-state index contributed by atoms with van der Waals surface area (Å²) in [6.07, 6.45) is 5.10. The molecule has 1 heterocycles. The van der Waals surface area contributed by atoms with E-state index in [0.717, 1.165) is 57.5 Å². The third-order valence-corrected chi connectivity index (χ3v) is 5.90. The number of nitrogens with one attached hydrogen (secondary N) is 2. The van der Waals surface area contributed by atoms with E-state index in [9.17, 15) is 14.4 Å². The molecule has 1 aliphatic rings. The number of rotatable bonds is 10. The first-order chi connectivity index (χ1) is 16.5. The van der Waals surface area contributed by atoms with Crippen molar-refractivity contribution in [3.63, 3.8) is 0 Å². The van der Waals surface area contributed by atoms with E-state index >= 15 is 0 Å². The number of piperidine rings is 1. The highest BCUT2D eigenvalue weighted by atomic mass is 16.2. The Morgan fingerprint density at radius 1 is 0.853 bits per heavy atom. The van der Waals surface area contributed by atoms with E-state index in [0.29, 0.717) is 16.8 Å². The largest absolute Gasteiger partial charge is 0.376 e. The number of anilines is 2. The summed E-state index contributed by atoms with van der Waals surface area (Å²) in [7, 11) is 0. The van der Waals surface area contributed by atoms with Gasteiger partial charge in [-0.15, -0.1) is 0 Å². The van der Waals surface area contributed by atoms with E-state index < -0.39 is 0 Å². The lowest BCUT2D eigenvalue weighted by atomic mass is 10.1. The molecule has 34 heavy (non-hydrogen) atoms. The fraction of sp³-hybridized carbons (Fsp3) is 0.444. The highest BCUT2D eigenvalue weighted by Crippen LogP contribution is 2.17. The third-order valence-electron chi connectivity index (χ3n) is 5.90. The van der Waals surface area contributed by atoms with Crippen molar-refractivity contribution >= 4 is 29.1 Å². The number of hydrogen-bond acceptors (Lipinski definition) is 4. The molecule has 2 aromatic carbocycles. The molecule has 0 atom stereocenters. The molecule has 0 unspecified atom stereocenters. The first kappa shape index (κ1) is 25.3. The fourth-order valence-corrected chi connectivity index (χ4v) is 4.17. The van der Waals surface area contributed by atoms with Crippen LogP contribution in [0.5, 0.6) is 0 Å². The first-order valence-electron chi connectivity index (χ1n) is 12.3. The summed E-state index contributed by atoms with van der Waals surface area (Å²) in [4.78, 5) is 41.6. The van der Waals surface area contributed by atoms with Crippen LogP contribution in [0, 0.1) is 0 Å². The molecule has 0 radical (unpaired) electrons. The molecule has 0 spiro atoms. The Balaban J connectivity index is 1.52. The predicted octanol–water partition coefficient (Wildman–Crippen LogP) is 4.63. The summed E-state index contributed by atoms with van der Waals surface area (Å²) in [6.45, 7) is 7.29. The molecule has 0 aromatic heterocycles. The Bertz CT molecular complexity index is 962. The minimum Gasteiger partial charge on any atom is -0.376 e. The van der Waals surface area contributed by atoms with Gasteiger partial charge in [-0.05, 0) is 74.6 Å². The fourth-order valence-electron chi connectivity index (χ4n) is 4.17. The number of benzene rings is 2. The van der Waals surface area contributed by atoms with Crippen LogP contribution < -0.4 is 10.6 Å². The molecule has 0 aliphatic carbocycles. The molecule has 1 fully saturated rings. The number of amides is 3. The minimum absolute atomic E-state index is 0.0139. The van der Waals surface area contributed by atoms with Gasteiger partial charge in [-0.2, -0.15) is 0 Å². The standard InChI is InChI=1S/C27H36N4O3/c1-3-15-30(16-4-2)26(33)21-11-13-23(14-12-21)28-20-25(32)29-24-10-8-9-22(19-24)27(34)31-17-6-5-7-18-31/h8-14,19,28H,3-7,15-18,20H2,1-2H3,(H,29,32). The van der Waals surface area contributed by atoms with E-state index in [1.807, 2.05) is 21.9 Å². The maximum atomic E-state index is 12.7. The highest BCUT2D eigenvalue weighted by molar-refractivity contribution is 5.98. The van der Waals surface area contributed by atoms with Gasteiger partial charge in [-0.1, -0.05) is 19.9 Å². The maximum absolute atomic E-state index is 12.7. The lowest BCUT2D eigenvalue weighted by molar-refractivity contribution is -0.114. The molecule has 0 bridgehead atoms. The lowest BCUT2D eigenvalue weighted by Crippen LogP contribution is -2.35. The zero-order valence-electron chi connectivity index (χ0n) is 20.3. The topological polar surface area (TPSA) is 81.8 Å². The molecule has 2 N–H and O–H groups in total. The second-order valence-electron chi connectivity index (χ2n) is 8.70. The number of carbonyl (C=O) groups is 3. The molecule has 1 aliphatic heterocycles. The van der Waals surface area contributed by atoms with E-state index in [4.69, 9.17) is 0 Å². The van der Waals surface area contributed by atoms with Crippen molar-refractivity contribution in [3.05, 3.63) is 59.7 Å². The van der Waals surface area contributed by atoms with Gasteiger partial charge in [-0.25, -0.2) is 0 Å². The molecule has 3 rings (SSSR count). The normalized spacial score (nSPS) is 13.3. The number of carbonyl (C=O) groups excluding carboxylic acids is 3. The van der Waals surface area contributed by atoms with Gasteiger partial charge in [0, 0.05) is 48.7 Å². The van der Waals surface area contributed by atoms with Crippen LogP contribution in [0.15, 0.2) is 48.5 Å². The van der Waals surface area contributed by atoms with Gasteiger partial charge < -0.3 is 20.4 Å². The van der Waals surface area contributed by atoms with Crippen LogP contribution in [0.3, 0.4) is 0 Å². The monoisotopic (exact) mass is 464 g/mol. The Kier molecular flexibility index (Phi) is 9.50. The SMILES string of the molecule is CCCN(CCC)C(=O)c1ccc(NCC(=O)Nc2cccc(C(=O)N3CCCCC3)c2)cc1. The molecular weight excluding hydrogens is 428 g/mol. The third kappa shape index (κ3) is 7.07. The summed E-state index contributed by atoms with van der Waals surface area (Å²) >= 11 is 0. The molecule has 182 valence electrons. The van der Waals surface area contributed by atoms with Gasteiger partial charge in [-0.3, -0.25) is 14.4 Å². The van der Waals surface area contributed by atoms with Crippen molar-refractivity contribution in [2.24, 2.45) is 0 Å². The van der Waals surface area contributed by atoms with E-state index in [1.165, 1.54) is 6.42 Å². The van der Waals surface area contributed by atoms with Crippen LogP contribution in [0.1, 0.15) is 66.7 Å². The van der Waals surface area contributed by atoms with Crippen LogP contribution in [-0.2, 0) is 4.79 Å². The molecular formula is C27H36N4O3. The number of nitrogens with zero attached hydrogens (tertiary/aromatic N) is 2. The van der Waals surface area contributed by atoms with E-state index in [2.05, 4.69) is 24.5 Å². The molecule has 3 amide bonds. The van der Waals surface area contributed by atoms with Crippen molar-refractivity contribution in [1.29, 1.82) is 0 Å². The Labute approximate surface area is 202 Å². The van der Waals surface area contributed by atoms with Crippen molar-refractivity contribution in [3.8, 4) is 0 Å². The first-order valence-corrected chi connectivity index (χ1v) is 12.3. The van der Waals surface area contributed by atoms with Crippen LogP contribution in [0.25, 0.3) is 0 Å². The average Bonchev–Trinajstić information content (AvgIpc) is 2.87. The average molecular weight is 465 g/mol. The minimum atomic E-state index is -0.209. The summed E-state index contributed by atoms with van der Waals surface area (Å²) in [5.74, 6) is -0.160. The van der Waals surface area contributed by atoms with Gasteiger partial charge in [0.2, 0.25) is 5.91 Å². The number of likely N-dealkylation sites (tertiary alicyclic amines) is 1.